The summed E-state index contributed by atoms with van der Waals surface area (Å²) in [5, 5.41) is 0.591. The highest BCUT2D eigenvalue weighted by atomic mass is 32.2. The highest BCUT2D eigenvalue weighted by Gasteiger charge is 2.39. The van der Waals surface area contributed by atoms with E-state index in [4.69, 9.17) is 8.83 Å². The number of amides is 4. The summed E-state index contributed by atoms with van der Waals surface area (Å²) in [6, 6.07) is 32.4. The Balaban J connectivity index is 0.877. The number of anilines is 2. The molecular formula is C44H22N4O10S. The van der Waals surface area contributed by atoms with Crippen LogP contribution in [0.15, 0.2) is 162 Å². The molecule has 15 heteroatoms. The minimum absolute atomic E-state index is 0.0250. The number of para-hydroxylation sites is 2. The van der Waals surface area contributed by atoms with Crippen molar-refractivity contribution < 1.29 is 36.4 Å². The molecule has 0 radical (unpaired) electrons. The number of carbonyl (C=O) groups excluding carboxylic acids is 4. The number of hydrogen-bond acceptors (Lipinski definition) is 12. The zero-order chi connectivity index (χ0) is 40.7. The zero-order valence-electron chi connectivity index (χ0n) is 30.0. The molecule has 59 heavy (non-hydrogen) atoms. The molecule has 0 saturated heterocycles. The molecule has 0 bridgehead atoms. The van der Waals surface area contributed by atoms with Gasteiger partial charge in [-0.2, -0.15) is 0 Å². The van der Waals surface area contributed by atoms with Crippen LogP contribution in [0.3, 0.4) is 0 Å². The van der Waals surface area contributed by atoms with Crippen molar-refractivity contribution in [3.05, 3.63) is 177 Å². The Morgan fingerprint density at radius 3 is 1.20 bits per heavy atom. The van der Waals surface area contributed by atoms with Gasteiger partial charge in [0, 0.05) is 11.1 Å². The van der Waals surface area contributed by atoms with Crippen LogP contribution in [0.1, 0.15) is 41.4 Å². The van der Waals surface area contributed by atoms with Gasteiger partial charge in [-0.1, -0.05) is 24.3 Å². The van der Waals surface area contributed by atoms with Crippen molar-refractivity contribution >= 4 is 66.6 Å². The largest absolute Gasteiger partial charge is 0.403 e. The summed E-state index contributed by atoms with van der Waals surface area (Å²) in [5.41, 5.74) is 0.773. The number of carbonyl (C=O) groups is 4. The molecule has 4 amide bonds. The van der Waals surface area contributed by atoms with Gasteiger partial charge in [0.05, 0.1) is 65.2 Å². The maximum Gasteiger partial charge on any atom is 0.347 e. The molecule has 0 spiro atoms. The van der Waals surface area contributed by atoms with Crippen molar-refractivity contribution in [3.63, 3.8) is 0 Å². The molecule has 6 aromatic carbocycles. The Morgan fingerprint density at radius 1 is 0.424 bits per heavy atom. The third-order valence-corrected chi connectivity index (χ3v) is 11.9. The molecule has 10 rings (SSSR count). The van der Waals surface area contributed by atoms with Gasteiger partial charge >= 0.3 is 11.3 Å². The van der Waals surface area contributed by atoms with Gasteiger partial charge in [-0.05, 0) is 109 Å². The quantitative estimate of drug-likeness (QED) is 0.167. The molecule has 0 atom stereocenters. The first-order chi connectivity index (χ1) is 28.5. The number of nitrogens with zero attached hydrogens (tertiary/aromatic N) is 4. The van der Waals surface area contributed by atoms with Crippen molar-refractivity contribution in [2.75, 3.05) is 9.80 Å². The lowest BCUT2D eigenvalue weighted by atomic mass is 10.1. The molecule has 4 heterocycles. The van der Waals surface area contributed by atoms with Crippen molar-refractivity contribution in [2.24, 2.45) is 0 Å². The van der Waals surface area contributed by atoms with Crippen LogP contribution in [0, 0.1) is 0 Å². The number of hydrogen-bond donors (Lipinski definition) is 0. The molecule has 14 nitrogen and oxygen atoms in total. The first-order valence-electron chi connectivity index (χ1n) is 17.8. The van der Waals surface area contributed by atoms with Crippen molar-refractivity contribution in [1.29, 1.82) is 0 Å². The average Bonchev–Trinajstić information content (AvgIpc) is 3.66. The van der Waals surface area contributed by atoms with Crippen molar-refractivity contribution in [3.8, 4) is 22.9 Å². The average molecular weight is 799 g/mol. The smallest absolute Gasteiger partial charge is 0.347 e. The predicted molar refractivity (Wildman–Crippen MR) is 212 cm³/mol. The third kappa shape index (κ3) is 5.51. The normalized spacial score (nSPS) is 13.8. The van der Waals surface area contributed by atoms with E-state index in [1.807, 2.05) is 0 Å². The minimum Gasteiger partial charge on any atom is -0.403 e. The van der Waals surface area contributed by atoms with E-state index in [2.05, 4.69) is 9.97 Å². The molecule has 0 unspecified atom stereocenters. The Kier molecular flexibility index (Phi) is 7.73. The van der Waals surface area contributed by atoms with Crippen molar-refractivity contribution in [1.82, 2.24) is 9.97 Å². The third-order valence-electron chi connectivity index (χ3n) is 10.1. The Hall–Kier alpha value is -8.17. The molecule has 0 saturated carbocycles. The molecule has 0 N–H and O–H groups in total. The lowest BCUT2D eigenvalue weighted by Gasteiger charge is -2.15. The van der Waals surface area contributed by atoms with E-state index in [1.54, 1.807) is 48.5 Å². The van der Waals surface area contributed by atoms with Gasteiger partial charge in [-0.3, -0.25) is 19.2 Å². The van der Waals surface area contributed by atoms with Crippen LogP contribution in [0.5, 0.6) is 0 Å². The van der Waals surface area contributed by atoms with Gasteiger partial charge < -0.3 is 8.83 Å². The second-order valence-electron chi connectivity index (χ2n) is 13.6. The standard InChI is InChI=1S/C44H22N4O10S/c49-39-29-19-9-23(37-45-35-7-3-1-5-31(35)43(53)57-37)21-33(29)41(51)47(39)25-11-15-27(16-12-25)59(55,56)28-17-13-26(14-18-28)48-40(50)30-20-10-24(22-34(30)42(48)52)38-46-36-8-4-2-6-32(36)44(54)58-38/h1-22H. The lowest BCUT2D eigenvalue weighted by molar-refractivity contribution is 0.0910. The van der Waals surface area contributed by atoms with Gasteiger partial charge in [0.2, 0.25) is 21.6 Å². The van der Waals surface area contributed by atoms with E-state index in [-0.39, 0.29) is 55.2 Å². The Morgan fingerprint density at radius 2 is 0.797 bits per heavy atom. The van der Waals surface area contributed by atoms with E-state index < -0.39 is 44.7 Å². The summed E-state index contributed by atoms with van der Waals surface area (Å²) < 4.78 is 38.2. The van der Waals surface area contributed by atoms with E-state index in [0.717, 1.165) is 9.80 Å². The molecule has 0 aliphatic carbocycles. The number of rotatable bonds is 6. The first-order valence-corrected chi connectivity index (χ1v) is 19.3. The van der Waals surface area contributed by atoms with Gasteiger partial charge in [-0.15, -0.1) is 0 Å². The van der Waals surface area contributed by atoms with E-state index in [0.29, 0.717) is 32.9 Å². The minimum atomic E-state index is -4.15. The summed E-state index contributed by atoms with van der Waals surface area (Å²) in [6.07, 6.45) is 0. The van der Waals surface area contributed by atoms with Crippen LogP contribution >= 0.6 is 0 Å². The predicted octanol–water partition coefficient (Wildman–Crippen LogP) is 6.46. The molecule has 2 aliphatic heterocycles. The summed E-state index contributed by atoms with van der Waals surface area (Å²) in [4.78, 5) is 89.4. The first kappa shape index (κ1) is 35.3. The van der Waals surface area contributed by atoms with Gasteiger partial charge in [0.15, 0.2) is 0 Å². The van der Waals surface area contributed by atoms with Crippen LogP contribution < -0.4 is 21.1 Å². The van der Waals surface area contributed by atoms with Gasteiger partial charge in [0.1, 0.15) is 0 Å². The van der Waals surface area contributed by atoms with Gasteiger partial charge in [-0.25, -0.2) is 37.8 Å². The van der Waals surface area contributed by atoms with E-state index in [9.17, 15) is 37.2 Å². The molecule has 2 aromatic heterocycles. The number of imide groups is 2. The highest BCUT2D eigenvalue weighted by molar-refractivity contribution is 7.91. The van der Waals surface area contributed by atoms with Crippen LogP contribution in [0.2, 0.25) is 0 Å². The number of fused-ring (bicyclic) bond motifs is 4. The number of benzene rings is 6. The summed E-state index contributed by atoms with van der Waals surface area (Å²) in [6.45, 7) is 0. The van der Waals surface area contributed by atoms with E-state index >= 15 is 0 Å². The fourth-order valence-corrected chi connectivity index (χ4v) is 8.45. The van der Waals surface area contributed by atoms with E-state index in [1.165, 1.54) is 84.9 Å². The maximum absolute atomic E-state index is 13.7. The number of aromatic nitrogens is 2. The summed E-state index contributed by atoms with van der Waals surface area (Å²) in [5.74, 6) is -2.63. The monoisotopic (exact) mass is 798 g/mol. The molecular weight excluding hydrogens is 777 g/mol. The molecule has 2 aliphatic rings. The fraction of sp³-hybridized carbons (Fsp3) is 0. The van der Waals surface area contributed by atoms with Crippen LogP contribution in [0.4, 0.5) is 11.4 Å². The fourth-order valence-electron chi connectivity index (χ4n) is 7.19. The van der Waals surface area contributed by atoms with Gasteiger partial charge in [0.25, 0.3) is 23.6 Å². The summed E-state index contributed by atoms with van der Waals surface area (Å²) >= 11 is 0. The molecule has 0 fully saturated rings. The highest BCUT2D eigenvalue weighted by Crippen LogP contribution is 2.35. The SMILES string of the molecule is O=C1c2ccc(-c3nc4ccccc4c(=O)o3)cc2C(=O)N1c1ccc(S(=O)(=O)c2ccc(N3C(=O)c4ccc(-c5nc6ccccc6c(=O)o5)cc4C3=O)cc2)cc1. The second-order valence-corrected chi connectivity index (χ2v) is 15.5. The summed E-state index contributed by atoms with van der Waals surface area (Å²) in [7, 11) is -4.15. The zero-order valence-corrected chi connectivity index (χ0v) is 30.8. The Labute approximate surface area is 331 Å². The number of sulfone groups is 1. The molecule has 284 valence electrons. The molecule has 8 aromatic rings. The lowest BCUT2D eigenvalue weighted by Crippen LogP contribution is -2.29. The maximum atomic E-state index is 13.7. The van der Waals surface area contributed by atoms with Crippen LogP contribution in [-0.4, -0.2) is 42.0 Å². The second kappa shape index (κ2) is 12.9. The van der Waals surface area contributed by atoms with Crippen molar-refractivity contribution in [2.45, 2.75) is 9.79 Å². The van der Waals surface area contributed by atoms with Crippen LogP contribution in [-0.2, 0) is 9.84 Å². The topological polar surface area (TPSA) is 195 Å². The Bertz CT molecular complexity index is 3210. The van der Waals surface area contributed by atoms with Crippen LogP contribution in [0.25, 0.3) is 44.7 Å².